The Hall–Kier alpha value is -1.36. The Kier molecular flexibility index (Phi) is 3.24. The maximum Gasteiger partial charge on any atom is 0.160 e. The quantitative estimate of drug-likeness (QED) is 0.596. The molecule has 1 aliphatic heterocycles. The minimum Gasteiger partial charge on any atom is -0.352 e. The van der Waals surface area contributed by atoms with E-state index in [2.05, 4.69) is 34.1 Å². The van der Waals surface area contributed by atoms with Crippen molar-refractivity contribution < 1.29 is 0 Å². The zero-order valence-electron chi connectivity index (χ0n) is 9.85. The predicted octanol–water partition coefficient (Wildman–Crippen LogP) is 1.39. The summed E-state index contributed by atoms with van der Waals surface area (Å²) in [5.74, 6) is 7.52. The van der Waals surface area contributed by atoms with Crippen molar-refractivity contribution in [1.82, 2.24) is 9.97 Å². The number of nitrogen functional groups attached to an aromatic ring is 1. The SMILES string of the molecule is CC(C)C1CCCN1c1cncc(NN)n1. The maximum absolute atomic E-state index is 5.34. The molecule has 1 aromatic rings. The van der Waals surface area contributed by atoms with Crippen LogP contribution in [0.25, 0.3) is 0 Å². The molecule has 88 valence electrons. The molecule has 0 radical (unpaired) electrons. The first-order chi connectivity index (χ1) is 7.72. The smallest absolute Gasteiger partial charge is 0.160 e. The van der Waals surface area contributed by atoms with Crippen molar-refractivity contribution in [3.8, 4) is 0 Å². The Morgan fingerprint density at radius 3 is 3.00 bits per heavy atom. The molecule has 0 bridgehead atoms. The first kappa shape index (κ1) is 11.1. The van der Waals surface area contributed by atoms with Crippen molar-refractivity contribution in [1.29, 1.82) is 0 Å². The van der Waals surface area contributed by atoms with Gasteiger partial charge in [0.1, 0.15) is 5.82 Å². The lowest BCUT2D eigenvalue weighted by atomic mass is 10.0. The number of hydrogen-bond acceptors (Lipinski definition) is 5. The van der Waals surface area contributed by atoms with E-state index in [4.69, 9.17) is 5.84 Å². The van der Waals surface area contributed by atoms with Crippen molar-refractivity contribution in [2.45, 2.75) is 32.7 Å². The van der Waals surface area contributed by atoms with Crippen LogP contribution in [0.5, 0.6) is 0 Å². The van der Waals surface area contributed by atoms with Crippen LogP contribution in [0.4, 0.5) is 11.6 Å². The van der Waals surface area contributed by atoms with Gasteiger partial charge in [0.2, 0.25) is 0 Å². The highest BCUT2D eigenvalue weighted by Crippen LogP contribution is 2.28. The zero-order valence-corrected chi connectivity index (χ0v) is 9.85. The first-order valence-corrected chi connectivity index (χ1v) is 5.77. The van der Waals surface area contributed by atoms with Gasteiger partial charge in [-0.15, -0.1) is 0 Å². The van der Waals surface area contributed by atoms with Gasteiger partial charge in [0, 0.05) is 12.6 Å². The summed E-state index contributed by atoms with van der Waals surface area (Å²) in [7, 11) is 0. The first-order valence-electron chi connectivity index (χ1n) is 5.77. The van der Waals surface area contributed by atoms with Crippen LogP contribution in [0.2, 0.25) is 0 Å². The van der Waals surface area contributed by atoms with Gasteiger partial charge in [-0.25, -0.2) is 10.8 Å². The van der Waals surface area contributed by atoms with Gasteiger partial charge in [0.15, 0.2) is 5.82 Å². The molecule has 1 saturated heterocycles. The Morgan fingerprint density at radius 1 is 1.50 bits per heavy atom. The van der Waals surface area contributed by atoms with Crippen LogP contribution in [0.3, 0.4) is 0 Å². The van der Waals surface area contributed by atoms with Crippen LogP contribution in [-0.2, 0) is 0 Å². The Labute approximate surface area is 96.0 Å². The van der Waals surface area contributed by atoms with Crippen molar-refractivity contribution in [2.24, 2.45) is 11.8 Å². The van der Waals surface area contributed by atoms with Crippen LogP contribution >= 0.6 is 0 Å². The van der Waals surface area contributed by atoms with Gasteiger partial charge < -0.3 is 10.3 Å². The Bertz CT molecular complexity index is 352. The molecule has 5 nitrogen and oxygen atoms in total. The average Bonchev–Trinajstić information content (AvgIpc) is 2.78. The lowest BCUT2D eigenvalue weighted by Crippen LogP contribution is -2.34. The van der Waals surface area contributed by atoms with E-state index < -0.39 is 0 Å². The van der Waals surface area contributed by atoms with E-state index in [1.54, 1.807) is 6.20 Å². The van der Waals surface area contributed by atoms with Crippen molar-refractivity contribution in [3.05, 3.63) is 12.4 Å². The van der Waals surface area contributed by atoms with Gasteiger partial charge in [-0.2, -0.15) is 0 Å². The molecule has 16 heavy (non-hydrogen) atoms. The summed E-state index contributed by atoms with van der Waals surface area (Å²) in [6.45, 7) is 5.56. The molecule has 0 amide bonds. The summed E-state index contributed by atoms with van der Waals surface area (Å²) in [5.41, 5.74) is 2.53. The van der Waals surface area contributed by atoms with Gasteiger partial charge >= 0.3 is 0 Å². The molecule has 2 rings (SSSR count). The second-order valence-electron chi connectivity index (χ2n) is 4.55. The van der Waals surface area contributed by atoms with Crippen LogP contribution < -0.4 is 16.2 Å². The van der Waals surface area contributed by atoms with E-state index in [1.807, 2.05) is 6.20 Å². The fourth-order valence-corrected chi connectivity index (χ4v) is 2.33. The minimum absolute atomic E-state index is 0.572. The number of nitrogens with one attached hydrogen (secondary N) is 1. The Morgan fingerprint density at radius 2 is 2.31 bits per heavy atom. The van der Waals surface area contributed by atoms with E-state index in [0.29, 0.717) is 17.8 Å². The molecular formula is C11H19N5. The average molecular weight is 221 g/mol. The molecule has 1 aromatic heterocycles. The molecule has 1 unspecified atom stereocenters. The normalized spacial score (nSPS) is 20.5. The summed E-state index contributed by atoms with van der Waals surface area (Å²) in [6, 6.07) is 0.572. The summed E-state index contributed by atoms with van der Waals surface area (Å²) in [5, 5.41) is 0. The molecule has 2 heterocycles. The van der Waals surface area contributed by atoms with E-state index in [0.717, 1.165) is 12.4 Å². The van der Waals surface area contributed by atoms with Gasteiger partial charge in [0.25, 0.3) is 0 Å². The molecule has 5 heteroatoms. The molecule has 0 aromatic carbocycles. The largest absolute Gasteiger partial charge is 0.352 e. The van der Waals surface area contributed by atoms with E-state index in [1.165, 1.54) is 12.8 Å². The fraction of sp³-hybridized carbons (Fsp3) is 0.636. The molecule has 0 aliphatic carbocycles. The second kappa shape index (κ2) is 4.65. The molecule has 1 aliphatic rings. The third kappa shape index (κ3) is 2.09. The Balaban J connectivity index is 2.22. The van der Waals surface area contributed by atoms with Crippen LogP contribution in [0.15, 0.2) is 12.4 Å². The third-order valence-electron chi connectivity index (χ3n) is 3.13. The highest BCUT2D eigenvalue weighted by Gasteiger charge is 2.28. The molecule has 0 spiro atoms. The van der Waals surface area contributed by atoms with Gasteiger partial charge in [-0.1, -0.05) is 13.8 Å². The second-order valence-corrected chi connectivity index (χ2v) is 4.55. The van der Waals surface area contributed by atoms with E-state index >= 15 is 0 Å². The number of nitrogens with zero attached hydrogens (tertiary/aromatic N) is 3. The number of hydrogen-bond donors (Lipinski definition) is 2. The zero-order chi connectivity index (χ0) is 11.5. The monoisotopic (exact) mass is 221 g/mol. The van der Waals surface area contributed by atoms with Crippen LogP contribution in [0, 0.1) is 5.92 Å². The molecule has 0 saturated carbocycles. The van der Waals surface area contributed by atoms with Crippen LogP contribution in [-0.4, -0.2) is 22.6 Å². The summed E-state index contributed by atoms with van der Waals surface area (Å²) in [4.78, 5) is 10.9. The van der Waals surface area contributed by atoms with Gasteiger partial charge in [-0.3, -0.25) is 4.98 Å². The standard InChI is InChI=1S/C11H19N5/c1-8(2)9-4-3-5-16(9)11-7-13-6-10(14-11)15-12/h6-9H,3-5,12H2,1-2H3,(H,14,15). The maximum atomic E-state index is 5.34. The lowest BCUT2D eigenvalue weighted by Gasteiger charge is -2.28. The van der Waals surface area contributed by atoms with Crippen molar-refractivity contribution in [2.75, 3.05) is 16.9 Å². The lowest BCUT2D eigenvalue weighted by molar-refractivity contribution is 0.489. The number of anilines is 2. The molecule has 1 fully saturated rings. The predicted molar refractivity (Wildman–Crippen MR) is 65.0 cm³/mol. The van der Waals surface area contributed by atoms with E-state index in [9.17, 15) is 0 Å². The van der Waals surface area contributed by atoms with Gasteiger partial charge in [-0.05, 0) is 18.8 Å². The highest BCUT2D eigenvalue weighted by molar-refractivity contribution is 5.45. The number of hydrazine groups is 1. The molecule has 1 atom stereocenters. The number of nitrogens with two attached hydrogens (primary N) is 1. The minimum atomic E-state index is 0.572. The summed E-state index contributed by atoms with van der Waals surface area (Å²) in [6.07, 6.45) is 5.90. The van der Waals surface area contributed by atoms with Crippen LogP contribution in [0.1, 0.15) is 26.7 Å². The third-order valence-corrected chi connectivity index (χ3v) is 3.13. The number of rotatable bonds is 3. The van der Waals surface area contributed by atoms with Gasteiger partial charge in [0.05, 0.1) is 12.4 Å². The summed E-state index contributed by atoms with van der Waals surface area (Å²) >= 11 is 0. The van der Waals surface area contributed by atoms with Crippen molar-refractivity contribution >= 4 is 11.6 Å². The molecular weight excluding hydrogens is 202 g/mol. The summed E-state index contributed by atoms with van der Waals surface area (Å²) < 4.78 is 0. The molecule has 3 N–H and O–H groups in total. The van der Waals surface area contributed by atoms with E-state index in [-0.39, 0.29) is 0 Å². The highest BCUT2D eigenvalue weighted by atomic mass is 15.3. The fourth-order valence-electron chi connectivity index (χ4n) is 2.33. The number of aromatic nitrogens is 2. The topological polar surface area (TPSA) is 67.1 Å². The van der Waals surface area contributed by atoms with Crippen molar-refractivity contribution in [3.63, 3.8) is 0 Å².